The van der Waals surface area contributed by atoms with Gasteiger partial charge in [-0.15, -0.1) is 0 Å². The lowest BCUT2D eigenvalue weighted by Gasteiger charge is -2.34. The van der Waals surface area contributed by atoms with Crippen LogP contribution in [0.2, 0.25) is 5.02 Å². The van der Waals surface area contributed by atoms with Gasteiger partial charge in [0.05, 0.1) is 17.3 Å². The zero-order valence-corrected chi connectivity index (χ0v) is 9.87. The van der Waals surface area contributed by atoms with E-state index < -0.39 is 0 Å². The number of amides is 1. The average molecular weight is 240 g/mol. The summed E-state index contributed by atoms with van der Waals surface area (Å²) < 4.78 is 0. The summed E-state index contributed by atoms with van der Waals surface area (Å²) in [5.41, 5.74) is 7.13. The van der Waals surface area contributed by atoms with E-state index in [0.717, 1.165) is 18.8 Å². The molecule has 0 atom stereocenters. The summed E-state index contributed by atoms with van der Waals surface area (Å²) in [6.07, 6.45) is 0. The second-order valence-electron chi connectivity index (χ2n) is 3.95. The van der Waals surface area contributed by atoms with E-state index in [2.05, 4.69) is 0 Å². The van der Waals surface area contributed by atoms with Crippen LogP contribution in [0.1, 0.15) is 0 Å². The minimum atomic E-state index is 0.110. The molecule has 16 heavy (non-hydrogen) atoms. The highest BCUT2D eigenvalue weighted by molar-refractivity contribution is 6.33. The van der Waals surface area contributed by atoms with Crippen LogP contribution in [0.5, 0.6) is 0 Å². The van der Waals surface area contributed by atoms with Gasteiger partial charge in [-0.3, -0.25) is 4.79 Å². The van der Waals surface area contributed by atoms with Crippen LogP contribution in [-0.4, -0.2) is 37.5 Å². The number of anilines is 2. The number of hydrogen-bond donors (Lipinski definition) is 1. The lowest BCUT2D eigenvalue weighted by atomic mass is 10.2. The number of piperazine rings is 1. The van der Waals surface area contributed by atoms with Crippen molar-refractivity contribution in [2.75, 3.05) is 37.3 Å². The summed E-state index contributed by atoms with van der Waals surface area (Å²) in [6, 6.07) is 5.36. The normalized spacial score (nSPS) is 16.8. The summed E-state index contributed by atoms with van der Waals surface area (Å²) in [4.78, 5) is 15.3. The number of benzene rings is 1. The van der Waals surface area contributed by atoms with E-state index >= 15 is 0 Å². The zero-order valence-electron chi connectivity index (χ0n) is 9.11. The van der Waals surface area contributed by atoms with Crippen molar-refractivity contribution in [3.8, 4) is 0 Å². The van der Waals surface area contributed by atoms with E-state index in [9.17, 15) is 4.79 Å². The second-order valence-corrected chi connectivity index (χ2v) is 4.35. The highest BCUT2D eigenvalue weighted by Crippen LogP contribution is 2.28. The number of rotatable bonds is 1. The monoisotopic (exact) mass is 239 g/mol. The molecule has 1 saturated heterocycles. The summed E-state index contributed by atoms with van der Waals surface area (Å²) in [6.45, 7) is 1.89. The third kappa shape index (κ3) is 2.07. The first-order chi connectivity index (χ1) is 7.58. The van der Waals surface area contributed by atoms with Gasteiger partial charge in [-0.2, -0.15) is 0 Å². The Bertz CT molecular complexity index is 422. The lowest BCUT2D eigenvalue weighted by molar-refractivity contribution is -0.129. The molecule has 2 N–H and O–H groups in total. The maximum Gasteiger partial charge on any atom is 0.241 e. The minimum Gasteiger partial charge on any atom is -0.399 e. The van der Waals surface area contributed by atoms with Crippen molar-refractivity contribution in [3.05, 3.63) is 23.2 Å². The van der Waals surface area contributed by atoms with Crippen molar-refractivity contribution in [1.82, 2.24) is 4.90 Å². The van der Waals surface area contributed by atoms with Gasteiger partial charge >= 0.3 is 0 Å². The van der Waals surface area contributed by atoms with Gasteiger partial charge in [-0.25, -0.2) is 0 Å². The summed E-state index contributed by atoms with van der Waals surface area (Å²) in [5.74, 6) is 0.110. The van der Waals surface area contributed by atoms with Crippen molar-refractivity contribution < 1.29 is 4.79 Å². The van der Waals surface area contributed by atoms with Gasteiger partial charge in [-0.1, -0.05) is 11.6 Å². The summed E-state index contributed by atoms with van der Waals surface area (Å²) in [7, 11) is 1.81. The van der Waals surface area contributed by atoms with Gasteiger partial charge in [0, 0.05) is 25.8 Å². The molecular weight excluding hydrogens is 226 g/mol. The van der Waals surface area contributed by atoms with Crippen LogP contribution in [0.3, 0.4) is 0 Å². The molecule has 0 aromatic heterocycles. The van der Waals surface area contributed by atoms with Crippen LogP contribution in [0, 0.1) is 0 Å². The quantitative estimate of drug-likeness (QED) is 0.750. The molecule has 5 heteroatoms. The summed E-state index contributed by atoms with van der Waals surface area (Å²) in [5, 5.41) is 0.595. The number of nitrogen functional groups attached to an aromatic ring is 1. The van der Waals surface area contributed by atoms with E-state index in [4.69, 9.17) is 17.3 Å². The van der Waals surface area contributed by atoms with Crippen molar-refractivity contribution in [2.24, 2.45) is 0 Å². The second kappa shape index (κ2) is 4.22. The smallest absolute Gasteiger partial charge is 0.241 e. The van der Waals surface area contributed by atoms with Gasteiger partial charge in [0.25, 0.3) is 0 Å². The van der Waals surface area contributed by atoms with Gasteiger partial charge in [0.15, 0.2) is 0 Å². The Morgan fingerprint density at radius 3 is 2.75 bits per heavy atom. The number of halogens is 1. The molecule has 4 nitrogen and oxygen atoms in total. The predicted molar refractivity (Wildman–Crippen MR) is 65.7 cm³/mol. The third-order valence-corrected chi connectivity index (χ3v) is 3.07. The Morgan fingerprint density at radius 2 is 2.12 bits per heavy atom. The van der Waals surface area contributed by atoms with E-state index in [-0.39, 0.29) is 5.91 Å². The Balaban J connectivity index is 2.22. The first-order valence-corrected chi connectivity index (χ1v) is 5.49. The maximum atomic E-state index is 11.6. The molecule has 1 aliphatic heterocycles. The number of nitrogens with zero attached hydrogens (tertiary/aromatic N) is 2. The third-order valence-electron chi connectivity index (χ3n) is 2.77. The van der Waals surface area contributed by atoms with E-state index in [1.807, 2.05) is 18.0 Å². The largest absolute Gasteiger partial charge is 0.399 e. The van der Waals surface area contributed by atoms with Crippen LogP contribution >= 0.6 is 11.6 Å². The Kier molecular flexibility index (Phi) is 2.92. The molecule has 1 fully saturated rings. The molecule has 0 unspecified atom stereocenters. The predicted octanol–water partition coefficient (Wildman–Crippen LogP) is 1.20. The summed E-state index contributed by atoms with van der Waals surface area (Å²) >= 11 is 6.10. The Hall–Kier alpha value is -1.42. The van der Waals surface area contributed by atoms with Crippen molar-refractivity contribution in [3.63, 3.8) is 0 Å². The number of carbonyl (C=O) groups is 1. The van der Waals surface area contributed by atoms with Crippen LogP contribution in [-0.2, 0) is 4.79 Å². The van der Waals surface area contributed by atoms with Crippen molar-refractivity contribution >= 4 is 28.9 Å². The number of likely N-dealkylation sites (N-methyl/N-ethyl adjacent to an activating group) is 1. The van der Waals surface area contributed by atoms with Crippen molar-refractivity contribution in [2.45, 2.75) is 0 Å². The standard InChI is InChI=1S/C11H14ClN3O/c1-14-4-5-15(7-11(14)16)10-3-2-8(13)6-9(10)12/h2-3,6H,4-5,7,13H2,1H3. The molecule has 0 spiro atoms. The molecule has 0 bridgehead atoms. The number of carbonyl (C=O) groups excluding carboxylic acids is 1. The number of hydrogen-bond acceptors (Lipinski definition) is 3. The first-order valence-electron chi connectivity index (χ1n) is 5.12. The Morgan fingerprint density at radius 1 is 1.38 bits per heavy atom. The first kappa shape index (κ1) is 11.1. The molecule has 0 saturated carbocycles. The molecule has 1 aromatic carbocycles. The SMILES string of the molecule is CN1CCN(c2ccc(N)cc2Cl)CC1=O. The maximum absolute atomic E-state index is 11.6. The molecular formula is C11H14ClN3O. The van der Waals surface area contributed by atoms with Gasteiger partial charge in [-0.05, 0) is 18.2 Å². The van der Waals surface area contributed by atoms with Crippen LogP contribution in [0.25, 0.3) is 0 Å². The zero-order chi connectivity index (χ0) is 11.7. The average Bonchev–Trinajstić information content (AvgIpc) is 2.22. The molecule has 1 amide bonds. The van der Waals surface area contributed by atoms with Crippen LogP contribution < -0.4 is 10.6 Å². The van der Waals surface area contributed by atoms with E-state index in [0.29, 0.717) is 17.3 Å². The van der Waals surface area contributed by atoms with Gasteiger partial charge < -0.3 is 15.5 Å². The molecule has 86 valence electrons. The topological polar surface area (TPSA) is 49.6 Å². The fourth-order valence-corrected chi connectivity index (χ4v) is 2.05. The van der Waals surface area contributed by atoms with E-state index in [1.54, 1.807) is 17.0 Å². The molecule has 0 radical (unpaired) electrons. The highest BCUT2D eigenvalue weighted by Gasteiger charge is 2.22. The molecule has 0 aliphatic carbocycles. The molecule has 1 aromatic rings. The molecule has 2 rings (SSSR count). The van der Waals surface area contributed by atoms with Gasteiger partial charge in [0.1, 0.15) is 0 Å². The Labute approximate surface area is 99.6 Å². The molecule has 1 aliphatic rings. The van der Waals surface area contributed by atoms with Gasteiger partial charge in [0.2, 0.25) is 5.91 Å². The van der Waals surface area contributed by atoms with Crippen molar-refractivity contribution in [1.29, 1.82) is 0 Å². The number of nitrogens with two attached hydrogens (primary N) is 1. The lowest BCUT2D eigenvalue weighted by Crippen LogP contribution is -2.48. The van der Waals surface area contributed by atoms with Crippen LogP contribution in [0.15, 0.2) is 18.2 Å². The molecule has 1 heterocycles. The minimum absolute atomic E-state index is 0.110. The van der Waals surface area contributed by atoms with Crippen LogP contribution in [0.4, 0.5) is 11.4 Å². The van der Waals surface area contributed by atoms with E-state index in [1.165, 1.54) is 0 Å². The fraction of sp³-hybridized carbons (Fsp3) is 0.364. The fourth-order valence-electron chi connectivity index (χ4n) is 1.74. The highest BCUT2D eigenvalue weighted by atomic mass is 35.5.